The van der Waals surface area contributed by atoms with Gasteiger partial charge in [0.05, 0.1) is 18.8 Å². The molecule has 0 aliphatic carbocycles. The minimum atomic E-state index is -0.766. The molecule has 3 nitrogen and oxygen atoms in total. The van der Waals surface area contributed by atoms with Crippen molar-refractivity contribution in [3.8, 4) is 0 Å². The van der Waals surface area contributed by atoms with Gasteiger partial charge in [-0.25, -0.2) is 0 Å². The van der Waals surface area contributed by atoms with E-state index in [0.717, 1.165) is 5.56 Å². The lowest BCUT2D eigenvalue weighted by atomic mass is 9.97. The van der Waals surface area contributed by atoms with Crippen molar-refractivity contribution in [3.63, 3.8) is 0 Å². The average molecular weight is 251 g/mol. The van der Waals surface area contributed by atoms with E-state index in [1.165, 1.54) is 0 Å². The molecule has 2 atom stereocenters. The van der Waals surface area contributed by atoms with E-state index in [-0.39, 0.29) is 12.6 Å². The summed E-state index contributed by atoms with van der Waals surface area (Å²) in [5.41, 5.74) is 1.04. The molecule has 0 saturated carbocycles. The average Bonchev–Trinajstić information content (AvgIpc) is 2.34. The fraction of sp³-hybridized carbons (Fsp3) is 0.600. The fourth-order valence-corrected chi connectivity index (χ4v) is 2.58. The van der Waals surface area contributed by atoms with Gasteiger partial charge in [0, 0.05) is 12.1 Å². The zero-order valence-corrected chi connectivity index (χ0v) is 11.7. The highest BCUT2D eigenvalue weighted by Crippen LogP contribution is 2.28. The summed E-state index contributed by atoms with van der Waals surface area (Å²) < 4.78 is 0. The second-order valence-corrected chi connectivity index (χ2v) is 5.24. The smallest absolute Gasteiger partial charge is 0.0967 e. The van der Waals surface area contributed by atoms with Gasteiger partial charge in [0.15, 0.2) is 0 Å². The van der Waals surface area contributed by atoms with Gasteiger partial charge in [0.2, 0.25) is 0 Å². The lowest BCUT2D eigenvalue weighted by Gasteiger charge is -2.40. The molecule has 0 amide bonds. The highest BCUT2D eigenvalue weighted by Gasteiger charge is 2.30. The molecule has 102 valence electrons. The lowest BCUT2D eigenvalue weighted by molar-refractivity contribution is -0.0166. The first-order valence-corrected chi connectivity index (χ1v) is 6.60. The molecule has 0 spiro atoms. The summed E-state index contributed by atoms with van der Waals surface area (Å²) in [6, 6.07) is 10.3. The number of rotatable bonds is 6. The van der Waals surface area contributed by atoms with Crippen LogP contribution in [0.5, 0.6) is 0 Å². The van der Waals surface area contributed by atoms with Crippen LogP contribution in [0.1, 0.15) is 39.3 Å². The number of aliphatic hydroxyl groups excluding tert-OH is 2. The minimum absolute atomic E-state index is 0.170. The zero-order chi connectivity index (χ0) is 13.7. The Morgan fingerprint density at radius 3 is 1.89 bits per heavy atom. The van der Waals surface area contributed by atoms with E-state index < -0.39 is 6.10 Å². The Kier molecular flexibility index (Phi) is 5.79. The van der Waals surface area contributed by atoms with Gasteiger partial charge in [-0.05, 0) is 33.3 Å². The minimum Gasteiger partial charge on any atom is -0.394 e. The molecule has 0 unspecified atom stereocenters. The summed E-state index contributed by atoms with van der Waals surface area (Å²) >= 11 is 0. The van der Waals surface area contributed by atoms with Crippen molar-refractivity contribution in [3.05, 3.63) is 35.9 Å². The van der Waals surface area contributed by atoms with Crippen LogP contribution >= 0.6 is 0 Å². The highest BCUT2D eigenvalue weighted by atomic mass is 16.3. The van der Waals surface area contributed by atoms with Crippen LogP contribution in [0.25, 0.3) is 0 Å². The van der Waals surface area contributed by atoms with Crippen LogP contribution in [0.3, 0.4) is 0 Å². The van der Waals surface area contributed by atoms with E-state index in [2.05, 4.69) is 32.6 Å². The van der Waals surface area contributed by atoms with E-state index in [1.54, 1.807) is 0 Å². The van der Waals surface area contributed by atoms with Crippen molar-refractivity contribution in [1.82, 2.24) is 4.90 Å². The molecule has 0 saturated heterocycles. The van der Waals surface area contributed by atoms with Gasteiger partial charge >= 0.3 is 0 Å². The van der Waals surface area contributed by atoms with Crippen LogP contribution in [0, 0.1) is 0 Å². The van der Waals surface area contributed by atoms with Crippen molar-refractivity contribution in [2.75, 3.05) is 6.61 Å². The normalized spacial score (nSPS) is 15.4. The van der Waals surface area contributed by atoms with Crippen molar-refractivity contribution in [2.24, 2.45) is 0 Å². The third-order valence-corrected chi connectivity index (χ3v) is 3.21. The second kappa shape index (κ2) is 6.88. The highest BCUT2D eigenvalue weighted by molar-refractivity contribution is 5.20. The van der Waals surface area contributed by atoms with Crippen LogP contribution in [-0.4, -0.2) is 39.9 Å². The molecule has 0 aliphatic heterocycles. The monoisotopic (exact) mass is 251 g/mol. The molecule has 1 aromatic carbocycles. The predicted molar refractivity (Wildman–Crippen MR) is 74.4 cm³/mol. The molecule has 0 radical (unpaired) electrons. The van der Waals surface area contributed by atoms with Gasteiger partial charge in [-0.1, -0.05) is 30.3 Å². The van der Waals surface area contributed by atoms with Gasteiger partial charge in [-0.15, -0.1) is 0 Å². The molecule has 3 heteroatoms. The quantitative estimate of drug-likeness (QED) is 0.814. The van der Waals surface area contributed by atoms with Gasteiger partial charge in [-0.3, -0.25) is 4.90 Å². The molecule has 0 fully saturated rings. The summed E-state index contributed by atoms with van der Waals surface area (Å²) in [6.07, 6.45) is -0.766. The third-order valence-electron chi connectivity index (χ3n) is 3.21. The topological polar surface area (TPSA) is 43.7 Å². The number of benzene rings is 1. The number of hydrogen-bond donors (Lipinski definition) is 2. The van der Waals surface area contributed by atoms with Crippen LogP contribution in [0.2, 0.25) is 0 Å². The van der Waals surface area contributed by atoms with Gasteiger partial charge in [-0.2, -0.15) is 0 Å². The van der Waals surface area contributed by atoms with E-state index in [4.69, 9.17) is 0 Å². The Morgan fingerprint density at radius 1 is 1.00 bits per heavy atom. The molecule has 0 bridgehead atoms. The molecular weight excluding hydrogens is 226 g/mol. The van der Waals surface area contributed by atoms with Crippen molar-refractivity contribution in [2.45, 2.75) is 51.9 Å². The number of aliphatic hydroxyl groups is 2. The molecule has 0 aromatic heterocycles. The molecule has 1 rings (SSSR count). The second-order valence-electron chi connectivity index (χ2n) is 5.24. The first kappa shape index (κ1) is 15.2. The fourth-order valence-electron chi connectivity index (χ4n) is 2.58. The maximum atomic E-state index is 10.1. The van der Waals surface area contributed by atoms with Crippen LogP contribution in [-0.2, 0) is 0 Å². The Bertz CT molecular complexity index is 330. The Hall–Kier alpha value is -0.900. The molecule has 18 heavy (non-hydrogen) atoms. The third kappa shape index (κ3) is 3.55. The van der Waals surface area contributed by atoms with Crippen LogP contribution in [0.4, 0.5) is 0 Å². The van der Waals surface area contributed by atoms with Crippen molar-refractivity contribution >= 4 is 0 Å². The standard InChI is InChI=1S/C15H25NO2/c1-11(2)16(12(3)4)15(14(18)10-17)13-8-6-5-7-9-13/h5-9,11-12,14-15,17-18H,10H2,1-4H3/t14-,15+/m0/s1. The molecular formula is C15H25NO2. The van der Waals surface area contributed by atoms with E-state index >= 15 is 0 Å². The van der Waals surface area contributed by atoms with Crippen molar-refractivity contribution < 1.29 is 10.2 Å². The first-order chi connectivity index (χ1) is 8.49. The summed E-state index contributed by atoms with van der Waals surface area (Å²) in [5, 5.41) is 19.4. The maximum absolute atomic E-state index is 10.1. The molecule has 0 heterocycles. The van der Waals surface area contributed by atoms with Gasteiger partial charge in [0.25, 0.3) is 0 Å². The summed E-state index contributed by atoms with van der Waals surface area (Å²) in [6.45, 7) is 8.22. The van der Waals surface area contributed by atoms with Crippen molar-refractivity contribution in [1.29, 1.82) is 0 Å². The van der Waals surface area contributed by atoms with E-state index in [9.17, 15) is 10.2 Å². The van der Waals surface area contributed by atoms with Gasteiger partial charge in [0.1, 0.15) is 0 Å². The molecule has 0 aliphatic rings. The Labute approximate surface area is 110 Å². The van der Waals surface area contributed by atoms with E-state index in [1.807, 2.05) is 30.3 Å². The predicted octanol–water partition coefficient (Wildman–Crippen LogP) is 2.20. The largest absolute Gasteiger partial charge is 0.394 e. The SMILES string of the molecule is CC(C)N(C(C)C)[C@H](c1ccccc1)[C@@H](O)CO. The first-order valence-electron chi connectivity index (χ1n) is 6.60. The number of nitrogens with zero attached hydrogens (tertiary/aromatic N) is 1. The summed E-state index contributed by atoms with van der Waals surface area (Å²) in [4.78, 5) is 2.23. The lowest BCUT2D eigenvalue weighted by Crippen LogP contribution is -2.46. The van der Waals surface area contributed by atoms with Gasteiger partial charge < -0.3 is 10.2 Å². The summed E-state index contributed by atoms with van der Waals surface area (Å²) in [7, 11) is 0. The molecule has 1 aromatic rings. The zero-order valence-electron chi connectivity index (χ0n) is 11.7. The Morgan fingerprint density at radius 2 is 1.50 bits per heavy atom. The Balaban J connectivity index is 3.12. The van der Waals surface area contributed by atoms with Crippen LogP contribution in [0.15, 0.2) is 30.3 Å². The summed E-state index contributed by atoms with van der Waals surface area (Å²) in [5.74, 6) is 0. The number of hydrogen-bond acceptors (Lipinski definition) is 3. The van der Waals surface area contributed by atoms with E-state index in [0.29, 0.717) is 12.1 Å². The van der Waals surface area contributed by atoms with Crippen LogP contribution < -0.4 is 0 Å². The maximum Gasteiger partial charge on any atom is 0.0967 e. The molecule has 2 N–H and O–H groups in total.